The first-order valence-electron chi connectivity index (χ1n) is 6.32. The van der Waals surface area contributed by atoms with E-state index in [0.717, 1.165) is 0 Å². The molecule has 1 aliphatic rings. The Morgan fingerprint density at radius 3 is 2.44 bits per heavy atom. The van der Waals surface area contributed by atoms with E-state index in [1.54, 1.807) is 11.0 Å². The molecule has 0 N–H and O–H groups in total. The lowest BCUT2D eigenvalue weighted by Gasteiger charge is -2.37. The van der Waals surface area contributed by atoms with E-state index in [1.165, 1.54) is 0 Å². The van der Waals surface area contributed by atoms with Crippen molar-refractivity contribution in [2.24, 2.45) is 5.41 Å². The van der Waals surface area contributed by atoms with Gasteiger partial charge in [0, 0.05) is 13.1 Å². The Bertz CT molecular complexity index is 355. The van der Waals surface area contributed by atoms with Gasteiger partial charge < -0.3 is 9.64 Å². The molecule has 0 atom stereocenters. The fourth-order valence-corrected chi connectivity index (χ4v) is 2.08. The molecule has 1 aliphatic heterocycles. The van der Waals surface area contributed by atoms with Crippen LogP contribution in [-0.4, -0.2) is 29.7 Å². The van der Waals surface area contributed by atoms with Gasteiger partial charge in [-0.25, -0.2) is 4.79 Å². The van der Waals surface area contributed by atoms with Crippen LogP contribution in [0.5, 0.6) is 0 Å². The smallest absolute Gasteiger partial charge is 0.410 e. The third-order valence-corrected chi connectivity index (χ3v) is 3.14. The Morgan fingerprint density at radius 2 is 2.06 bits per heavy atom. The van der Waals surface area contributed by atoms with E-state index in [1.807, 2.05) is 20.8 Å². The van der Waals surface area contributed by atoms with Crippen molar-refractivity contribution in [3.63, 3.8) is 0 Å². The van der Waals surface area contributed by atoms with Crippen LogP contribution in [0.15, 0.2) is 12.7 Å². The molecule has 18 heavy (non-hydrogen) atoms. The summed E-state index contributed by atoms with van der Waals surface area (Å²) in [5.74, 6) is 0. The highest BCUT2D eigenvalue weighted by Crippen LogP contribution is 2.34. The highest BCUT2D eigenvalue weighted by Gasteiger charge is 2.36. The van der Waals surface area contributed by atoms with Gasteiger partial charge in [0.05, 0.1) is 11.5 Å². The molecule has 0 spiro atoms. The summed E-state index contributed by atoms with van der Waals surface area (Å²) in [5.41, 5.74) is -0.817. The van der Waals surface area contributed by atoms with Gasteiger partial charge in [-0.15, -0.1) is 6.58 Å². The van der Waals surface area contributed by atoms with E-state index in [9.17, 15) is 10.1 Å². The van der Waals surface area contributed by atoms with Gasteiger partial charge in [0.1, 0.15) is 5.60 Å². The van der Waals surface area contributed by atoms with Crippen LogP contribution in [0, 0.1) is 16.7 Å². The van der Waals surface area contributed by atoms with Gasteiger partial charge >= 0.3 is 6.09 Å². The van der Waals surface area contributed by atoms with Crippen LogP contribution in [0.2, 0.25) is 0 Å². The molecule has 0 aromatic heterocycles. The largest absolute Gasteiger partial charge is 0.444 e. The first kappa shape index (κ1) is 14.6. The number of hydrogen-bond acceptors (Lipinski definition) is 3. The summed E-state index contributed by atoms with van der Waals surface area (Å²) >= 11 is 0. The van der Waals surface area contributed by atoms with E-state index in [2.05, 4.69) is 12.6 Å². The average Bonchev–Trinajstić information content (AvgIpc) is 2.28. The zero-order valence-electron chi connectivity index (χ0n) is 11.5. The monoisotopic (exact) mass is 250 g/mol. The summed E-state index contributed by atoms with van der Waals surface area (Å²) in [6.07, 6.45) is 3.56. The second-order valence-corrected chi connectivity index (χ2v) is 5.85. The van der Waals surface area contributed by atoms with Crippen molar-refractivity contribution in [3.05, 3.63) is 12.7 Å². The molecule has 0 radical (unpaired) electrons. The normalized spacial score (nSPS) is 18.9. The molecule has 0 aromatic rings. The van der Waals surface area contributed by atoms with Gasteiger partial charge in [-0.3, -0.25) is 0 Å². The van der Waals surface area contributed by atoms with Crippen molar-refractivity contribution in [1.82, 2.24) is 4.90 Å². The molecule has 100 valence electrons. The third kappa shape index (κ3) is 3.76. The van der Waals surface area contributed by atoms with E-state index in [0.29, 0.717) is 32.4 Å². The quantitative estimate of drug-likeness (QED) is 0.708. The topological polar surface area (TPSA) is 53.3 Å². The van der Waals surface area contributed by atoms with Gasteiger partial charge in [-0.1, -0.05) is 6.08 Å². The van der Waals surface area contributed by atoms with Gasteiger partial charge in [-0.2, -0.15) is 5.26 Å². The minimum atomic E-state index is -0.470. The fraction of sp³-hybridized carbons (Fsp3) is 0.714. The van der Waals surface area contributed by atoms with Crippen LogP contribution in [0.25, 0.3) is 0 Å². The molecule has 0 aliphatic carbocycles. The Kier molecular flexibility index (Phi) is 4.39. The van der Waals surface area contributed by atoms with Crippen molar-refractivity contribution in [1.29, 1.82) is 5.26 Å². The van der Waals surface area contributed by atoms with Crippen LogP contribution < -0.4 is 0 Å². The van der Waals surface area contributed by atoms with Crippen molar-refractivity contribution < 1.29 is 9.53 Å². The minimum absolute atomic E-state index is 0.285. The number of hydrogen-bond donors (Lipinski definition) is 0. The molecular weight excluding hydrogens is 228 g/mol. The Balaban J connectivity index is 2.56. The van der Waals surface area contributed by atoms with Crippen LogP contribution in [0.4, 0.5) is 4.79 Å². The lowest BCUT2D eigenvalue weighted by Crippen LogP contribution is -2.44. The van der Waals surface area contributed by atoms with Gasteiger partial charge in [0.25, 0.3) is 0 Å². The summed E-state index contributed by atoms with van der Waals surface area (Å²) in [6, 6.07) is 2.38. The maximum absolute atomic E-state index is 11.9. The molecule has 4 nitrogen and oxygen atoms in total. The molecule has 1 fully saturated rings. The predicted octanol–water partition coefficient (Wildman–Crippen LogP) is 3.10. The summed E-state index contributed by atoms with van der Waals surface area (Å²) in [5, 5.41) is 9.25. The second kappa shape index (κ2) is 5.43. The molecular formula is C14H22N2O2. The lowest BCUT2D eigenvalue weighted by molar-refractivity contribution is 0.0150. The van der Waals surface area contributed by atoms with Crippen LogP contribution in [0.3, 0.4) is 0 Å². The maximum atomic E-state index is 11.9. The Morgan fingerprint density at radius 1 is 1.50 bits per heavy atom. The van der Waals surface area contributed by atoms with E-state index in [-0.39, 0.29) is 11.5 Å². The van der Waals surface area contributed by atoms with Crippen LogP contribution >= 0.6 is 0 Å². The molecule has 4 heteroatoms. The molecule has 0 aromatic carbocycles. The third-order valence-electron chi connectivity index (χ3n) is 3.14. The van der Waals surface area contributed by atoms with Crippen molar-refractivity contribution in [3.8, 4) is 6.07 Å². The molecule has 1 rings (SSSR count). The van der Waals surface area contributed by atoms with E-state index in [4.69, 9.17) is 4.74 Å². The highest BCUT2D eigenvalue weighted by atomic mass is 16.6. The Labute approximate surface area is 109 Å². The summed E-state index contributed by atoms with van der Waals surface area (Å²) < 4.78 is 5.32. The number of rotatable bonds is 2. The summed E-state index contributed by atoms with van der Waals surface area (Å²) in [6.45, 7) is 10.4. The first-order valence-corrected chi connectivity index (χ1v) is 6.32. The number of likely N-dealkylation sites (tertiary alicyclic amines) is 1. The van der Waals surface area contributed by atoms with Gasteiger partial charge in [0.15, 0.2) is 0 Å². The van der Waals surface area contributed by atoms with Gasteiger partial charge in [-0.05, 0) is 40.0 Å². The Hall–Kier alpha value is -1.50. The first-order chi connectivity index (χ1) is 8.32. The number of amides is 1. The highest BCUT2D eigenvalue weighted by molar-refractivity contribution is 5.68. The number of carbonyl (C=O) groups excluding carboxylic acids is 1. The maximum Gasteiger partial charge on any atom is 0.410 e. The predicted molar refractivity (Wildman–Crippen MR) is 69.9 cm³/mol. The number of nitriles is 1. The average molecular weight is 250 g/mol. The fourth-order valence-electron chi connectivity index (χ4n) is 2.08. The molecule has 1 saturated heterocycles. The SMILES string of the molecule is C=CCC1(C#N)CCN(C(=O)OC(C)(C)C)CC1. The zero-order valence-corrected chi connectivity index (χ0v) is 11.5. The van der Waals surface area contributed by atoms with Crippen LogP contribution in [0.1, 0.15) is 40.0 Å². The number of nitrogens with zero attached hydrogens (tertiary/aromatic N) is 2. The molecule has 0 unspecified atom stereocenters. The lowest BCUT2D eigenvalue weighted by atomic mass is 9.77. The van der Waals surface area contributed by atoms with E-state index >= 15 is 0 Å². The van der Waals surface area contributed by atoms with E-state index < -0.39 is 5.60 Å². The van der Waals surface area contributed by atoms with Crippen molar-refractivity contribution in [2.75, 3.05) is 13.1 Å². The number of carbonyl (C=O) groups is 1. The molecule has 1 amide bonds. The molecule has 0 saturated carbocycles. The second-order valence-electron chi connectivity index (χ2n) is 5.85. The molecule has 0 bridgehead atoms. The zero-order chi connectivity index (χ0) is 13.8. The van der Waals surface area contributed by atoms with Crippen molar-refractivity contribution in [2.45, 2.75) is 45.6 Å². The van der Waals surface area contributed by atoms with Crippen LogP contribution in [-0.2, 0) is 4.74 Å². The van der Waals surface area contributed by atoms with Crippen molar-refractivity contribution >= 4 is 6.09 Å². The minimum Gasteiger partial charge on any atom is -0.444 e. The number of ether oxygens (including phenoxy) is 1. The summed E-state index contributed by atoms with van der Waals surface area (Å²) in [4.78, 5) is 13.6. The number of allylic oxidation sites excluding steroid dienone is 1. The molecule has 1 heterocycles. The van der Waals surface area contributed by atoms with Gasteiger partial charge in [0.2, 0.25) is 0 Å². The number of piperidine rings is 1. The summed E-state index contributed by atoms with van der Waals surface area (Å²) in [7, 11) is 0. The standard InChI is InChI=1S/C14H22N2O2/c1-5-6-14(11-15)7-9-16(10-8-14)12(17)18-13(2,3)4/h5H,1,6-10H2,2-4H3.